The van der Waals surface area contributed by atoms with Gasteiger partial charge in [0.25, 0.3) is 0 Å². The van der Waals surface area contributed by atoms with E-state index in [1.807, 2.05) is 25.1 Å². The molecule has 1 aromatic carbocycles. The summed E-state index contributed by atoms with van der Waals surface area (Å²) in [4.78, 5) is 18.1. The van der Waals surface area contributed by atoms with E-state index in [2.05, 4.69) is 17.6 Å². The number of thiol groups is 1. The first-order valence-electron chi connectivity index (χ1n) is 5.50. The molecule has 3 rings (SSSR count). The topological polar surface area (TPSA) is 33.2 Å². The molecule has 0 spiro atoms. The quantitative estimate of drug-likeness (QED) is 0.803. The number of nitrogens with zero attached hydrogens (tertiary/aromatic N) is 2. The van der Waals surface area contributed by atoms with Crippen molar-refractivity contribution < 1.29 is 4.79 Å². The molecule has 0 radical (unpaired) electrons. The van der Waals surface area contributed by atoms with Gasteiger partial charge in [-0.05, 0) is 18.6 Å². The summed E-state index contributed by atoms with van der Waals surface area (Å²) >= 11 is 5.93. The maximum atomic E-state index is 11.8. The highest BCUT2D eigenvalue weighted by atomic mass is 32.1. The lowest BCUT2D eigenvalue weighted by atomic mass is 10.2. The van der Waals surface area contributed by atoms with Crippen LogP contribution in [0, 0.1) is 6.92 Å². The van der Waals surface area contributed by atoms with Gasteiger partial charge >= 0.3 is 0 Å². The molecule has 1 atom stereocenters. The monoisotopic (exact) mass is 264 g/mol. The van der Waals surface area contributed by atoms with Crippen LogP contribution in [0.4, 0.5) is 5.13 Å². The molecule has 1 aliphatic heterocycles. The highest BCUT2D eigenvalue weighted by molar-refractivity contribution is 7.81. The molecule has 1 unspecified atom stereocenters. The first-order chi connectivity index (χ1) is 8.15. The third-order valence-corrected chi connectivity index (χ3v) is 4.33. The smallest absolute Gasteiger partial charge is 0.229 e. The number of para-hydroxylation sites is 1. The molecule has 2 aromatic rings. The summed E-state index contributed by atoms with van der Waals surface area (Å²) in [6.45, 7) is 2.71. The molecule has 1 saturated heterocycles. The molecule has 88 valence electrons. The Hall–Kier alpha value is -1.07. The minimum Gasteiger partial charge on any atom is -0.287 e. The molecular weight excluding hydrogens is 252 g/mol. The number of carbonyl (C=O) groups excluding carboxylic acids is 1. The van der Waals surface area contributed by atoms with E-state index in [-0.39, 0.29) is 11.2 Å². The zero-order chi connectivity index (χ0) is 12.0. The Bertz CT molecular complexity index is 593. The number of hydrogen-bond acceptors (Lipinski definition) is 4. The third kappa shape index (κ3) is 1.83. The van der Waals surface area contributed by atoms with Crippen LogP contribution in [-0.2, 0) is 4.79 Å². The SMILES string of the molecule is Cc1cccc2sc(N3CC(S)CC3=O)nc12. The molecule has 1 fully saturated rings. The van der Waals surface area contributed by atoms with E-state index in [9.17, 15) is 4.79 Å². The first-order valence-corrected chi connectivity index (χ1v) is 6.83. The molecule has 1 aliphatic rings. The van der Waals surface area contributed by atoms with Crippen molar-refractivity contribution in [2.45, 2.75) is 18.6 Å². The number of fused-ring (bicyclic) bond motifs is 1. The minimum absolute atomic E-state index is 0.127. The second-order valence-corrected chi connectivity index (χ2v) is 6.02. The van der Waals surface area contributed by atoms with Crippen LogP contribution in [0.2, 0.25) is 0 Å². The van der Waals surface area contributed by atoms with Crippen LogP contribution in [-0.4, -0.2) is 22.7 Å². The van der Waals surface area contributed by atoms with Crippen molar-refractivity contribution in [3.8, 4) is 0 Å². The summed E-state index contributed by atoms with van der Waals surface area (Å²) in [5.41, 5.74) is 2.15. The zero-order valence-electron chi connectivity index (χ0n) is 9.38. The number of anilines is 1. The van der Waals surface area contributed by atoms with Crippen molar-refractivity contribution in [2.24, 2.45) is 0 Å². The van der Waals surface area contributed by atoms with Crippen LogP contribution in [0.25, 0.3) is 10.2 Å². The highest BCUT2D eigenvalue weighted by Crippen LogP contribution is 2.33. The van der Waals surface area contributed by atoms with Gasteiger partial charge in [0.1, 0.15) is 0 Å². The fourth-order valence-corrected chi connectivity index (χ4v) is 3.45. The average Bonchev–Trinajstić information content (AvgIpc) is 2.82. The Balaban J connectivity index is 2.07. The number of hydrogen-bond donors (Lipinski definition) is 1. The molecule has 1 amide bonds. The predicted octanol–water partition coefficient (Wildman–Crippen LogP) is 2.64. The summed E-state index contributed by atoms with van der Waals surface area (Å²) in [6.07, 6.45) is 0.512. The molecule has 0 aliphatic carbocycles. The number of carbonyl (C=O) groups is 1. The summed E-state index contributed by atoms with van der Waals surface area (Å²) in [5.74, 6) is 0.127. The second kappa shape index (κ2) is 3.99. The van der Waals surface area contributed by atoms with Gasteiger partial charge in [-0.25, -0.2) is 4.98 Å². The molecule has 3 nitrogen and oxygen atoms in total. The van der Waals surface area contributed by atoms with Crippen LogP contribution in [0.15, 0.2) is 18.2 Å². The molecule has 0 saturated carbocycles. The van der Waals surface area contributed by atoms with E-state index in [4.69, 9.17) is 0 Å². The minimum atomic E-state index is 0.127. The van der Waals surface area contributed by atoms with Gasteiger partial charge in [-0.2, -0.15) is 12.6 Å². The lowest BCUT2D eigenvalue weighted by molar-refractivity contribution is -0.117. The van der Waals surface area contributed by atoms with Gasteiger partial charge in [-0.1, -0.05) is 23.5 Å². The second-order valence-electron chi connectivity index (χ2n) is 4.28. The van der Waals surface area contributed by atoms with Gasteiger partial charge in [0.2, 0.25) is 5.91 Å². The number of amides is 1. The number of aromatic nitrogens is 1. The number of aryl methyl sites for hydroxylation is 1. The van der Waals surface area contributed by atoms with Gasteiger partial charge in [0, 0.05) is 18.2 Å². The maximum Gasteiger partial charge on any atom is 0.229 e. The van der Waals surface area contributed by atoms with Crippen molar-refractivity contribution in [2.75, 3.05) is 11.4 Å². The highest BCUT2D eigenvalue weighted by Gasteiger charge is 2.30. The van der Waals surface area contributed by atoms with E-state index in [0.717, 1.165) is 20.9 Å². The summed E-state index contributed by atoms with van der Waals surface area (Å²) in [6, 6.07) is 6.11. The van der Waals surface area contributed by atoms with Crippen LogP contribution in [0.3, 0.4) is 0 Å². The fourth-order valence-electron chi connectivity index (χ4n) is 2.06. The summed E-state index contributed by atoms with van der Waals surface area (Å²) in [5, 5.41) is 0.937. The van der Waals surface area contributed by atoms with Crippen LogP contribution < -0.4 is 4.90 Å². The average molecular weight is 264 g/mol. The lowest BCUT2D eigenvalue weighted by Gasteiger charge is -2.10. The van der Waals surface area contributed by atoms with Crippen LogP contribution in [0.1, 0.15) is 12.0 Å². The van der Waals surface area contributed by atoms with Gasteiger partial charge in [-0.3, -0.25) is 9.69 Å². The van der Waals surface area contributed by atoms with E-state index in [0.29, 0.717) is 13.0 Å². The normalized spacial score (nSPS) is 20.5. The Morgan fingerprint density at radius 2 is 2.35 bits per heavy atom. The van der Waals surface area contributed by atoms with Crippen molar-refractivity contribution in [3.05, 3.63) is 23.8 Å². The van der Waals surface area contributed by atoms with Crippen molar-refractivity contribution in [1.82, 2.24) is 4.98 Å². The third-order valence-electron chi connectivity index (χ3n) is 2.94. The largest absolute Gasteiger partial charge is 0.287 e. The van der Waals surface area contributed by atoms with Gasteiger partial charge < -0.3 is 0 Å². The van der Waals surface area contributed by atoms with Crippen molar-refractivity contribution in [1.29, 1.82) is 0 Å². The van der Waals surface area contributed by atoms with Crippen LogP contribution >= 0.6 is 24.0 Å². The predicted molar refractivity (Wildman–Crippen MR) is 74.1 cm³/mol. The maximum absolute atomic E-state index is 11.8. The number of rotatable bonds is 1. The molecule has 2 heterocycles. The summed E-state index contributed by atoms with van der Waals surface area (Å²) < 4.78 is 1.13. The molecule has 0 bridgehead atoms. The van der Waals surface area contributed by atoms with Crippen molar-refractivity contribution >= 4 is 45.2 Å². The Kier molecular flexibility index (Phi) is 2.60. The van der Waals surface area contributed by atoms with Crippen LogP contribution in [0.5, 0.6) is 0 Å². The molecular formula is C12H12N2OS2. The summed E-state index contributed by atoms with van der Waals surface area (Å²) in [7, 11) is 0. The van der Waals surface area contributed by atoms with E-state index in [1.54, 1.807) is 16.2 Å². The standard InChI is InChI=1S/C12H12N2OS2/c1-7-3-2-4-9-11(7)13-12(17-9)14-6-8(16)5-10(14)15/h2-4,8,16H,5-6H2,1H3. The molecule has 17 heavy (non-hydrogen) atoms. The van der Waals surface area contributed by atoms with Crippen molar-refractivity contribution in [3.63, 3.8) is 0 Å². The molecule has 5 heteroatoms. The molecule has 0 N–H and O–H groups in total. The van der Waals surface area contributed by atoms with E-state index < -0.39 is 0 Å². The Morgan fingerprint density at radius 1 is 1.53 bits per heavy atom. The van der Waals surface area contributed by atoms with E-state index in [1.165, 1.54) is 0 Å². The van der Waals surface area contributed by atoms with Gasteiger partial charge in [0.05, 0.1) is 10.2 Å². The van der Waals surface area contributed by atoms with Gasteiger partial charge in [0.15, 0.2) is 5.13 Å². The number of benzene rings is 1. The van der Waals surface area contributed by atoms with Gasteiger partial charge in [-0.15, -0.1) is 0 Å². The fraction of sp³-hybridized carbons (Fsp3) is 0.333. The Morgan fingerprint density at radius 3 is 3.00 bits per heavy atom. The number of thiazole rings is 1. The lowest BCUT2D eigenvalue weighted by Crippen LogP contribution is -2.24. The Labute approximate surface area is 109 Å². The van der Waals surface area contributed by atoms with E-state index >= 15 is 0 Å². The molecule has 1 aromatic heterocycles. The first kappa shape index (κ1) is 11.0. The zero-order valence-corrected chi connectivity index (χ0v) is 11.1.